The van der Waals surface area contributed by atoms with E-state index in [-0.39, 0.29) is 11.9 Å². The van der Waals surface area contributed by atoms with Gasteiger partial charge < -0.3 is 9.47 Å². The molecule has 0 fully saturated rings. The molecular formula is C34H32O4. The van der Waals surface area contributed by atoms with E-state index in [2.05, 4.69) is 0 Å². The Morgan fingerprint density at radius 1 is 0.474 bits per heavy atom. The number of ether oxygens (including phenoxy) is 2. The zero-order valence-corrected chi connectivity index (χ0v) is 21.3. The van der Waals surface area contributed by atoms with Gasteiger partial charge in [0.15, 0.2) is 0 Å². The highest BCUT2D eigenvalue weighted by atomic mass is 16.5. The molecule has 0 amide bonds. The molecule has 0 heterocycles. The minimum atomic E-state index is -0.306. The number of hydrogen-bond donors (Lipinski definition) is 0. The van der Waals surface area contributed by atoms with Crippen LogP contribution in [0.2, 0.25) is 0 Å². The van der Waals surface area contributed by atoms with Crippen LogP contribution < -0.4 is 0 Å². The van der Waals surface area contributed by atoms with Gasteiger partial charge in [0, 0.05) is 25.0 Å². The van der Waals surface area contributed by atoms with Crippen LogP contribution in [0.3, 0.4) is 0 Å². The van der Waals surface area contributed by atoms with Gasteiger partial charge in [0.05, 0.1) is 13.2 Å². The number of carbonyl (C=O) groups is 2. The highest BCUT2D eigenvalue weighted by molar-refractivity contribution is 5.87. The topological polar surface area (TPSA) is 52.6 Å². The highest BCUT2D eigenvalue weighted by Gasteiger charge is 1.99. The largest absolute Gasteiger partial charge is 0.462 e. The Labute approximate surface area is 224 Å². The second-order valence-electron chi connectivity index (χ2n) is 8.29. The molecule has 0 aliphatic heterocycles. The number of hydrogen-bond acceptors (Lipinski definition) is 4. The van der Waals surface area contributed by atoms with Crippen LogP contribution in [-0.2, 0) is 31.9 Å². The molecule has 38 heavy (non-hydrogen) atoms. The third kappa shape index (κ3) is 11.8. The molecular weight excluding hydrogens is 472 g/mol. The first-order valence-electron chi connectivity index (χ1n) is 12.6. The lowest BCUT2D eigenvalue weighted by Gasteiger charge is -2.02. The summed E-state index contributed by atoms with van der Waals surface area (Å²) in [6.45, 7) is 0.809. The van der Waals surface area contributed by atoms with Crippen molar-refractivity contribution in [1.29, 1.82) is 0 Å². The Balaban J connectivity index is 0.000000211. The molecule has 0 bridgehead atoms. The van der Waals surface area contributed by atoms with Crippen LogP contribution in [0.25, 0.3) is 12.2 Å². The van der Waals surface area contributed by atoms with E-state index in [0.717, 1.165) is 24.0 Å². The molecule has 0 spiro atoms. The number of carbonyl (C=O) groups excluding carboxylic acids is 2. The molecule has 4 rings (SSSR count). The van der Waals surface area contributed by atoms with Crippen molar-refractivity contribution in [3.05, 3.63) is 156 Å². The summed E-state index contributed by atoms with van der Waals surface area (Å²) in [4.78, 5) is 23.0. The lowest BCUT2D eigenvalue weighted by atomic mass is 10.2. The minimum absolute atomic E-state index is 0.306. The van der Waals surface area contributed by atoms with Crippen molar-refractivity contribution < 1.29 is 19.1 Å². The van der Waals surface area contributed by atoms with E-state index in [1.165, 1.54) is 23.3 Å². The third-order valence-electron chi connectivity index (χ3n) is 5.38. The first-order chi connectivity index (χ1) is 18.7. The van der Waals surface area contributed by atoms with Gasteiger partial charge in [-0.2, -0.15) is 0 Å². The van der Waals surface area contributed by atoms with E-state index in [9.17, 15) is 9.59 Å². The van der Waals surface area contributed by atoms with Gasteiger partial charge in [-0.15, -0.1) is 0 Å². The molecule has 0 atom stereocenters. The predicted octanol–water partition coefficient (Wildman–Crippen LogP) is 6.97. The molecule has 192 valence electrons. The quantitative estimate of drug-likeness (QED) is 0.173. The van der Waals surface area contributed by atoms with Gasteiger partial charge in [0.25, 0.3) is 0 Å². The van der Waals surface area contributed by atoms with Crippen LogP contribution in [0.5, 0.6) is 0 Å². The van der Waals surface area contributed by atoms with Crippen molar-refractivity contribution in [3.63, 3.8) is 0 Å². The van der Waals surface area contributed by atoms with E-state index in [1.807, 2.05) is 121 Å². The zero-order valence-electron chi connectivity index (χ0n) is 21.3. The number of esters is 2. The molecule has 0 radical (unpaired) electrons. The van der Waals surface area contributed by atoms with Gasteiger partial charge in [-0.25, -0.2) is 9.59 Å². The molecule has 0 aliphatic rings. The van der Waals surface area contributed by atoms with Gasteiger partial charge in [-0.3, -0.25) is 0 Å². The number of rotatable bonds is 10. The molecule has 0 aliphatic carbocycles. The van der Waals surface area contributed by atoms with Crippen LogP contribution in [-0.4, -0.2) is 25.2 Å². The van der Waals surface area contributed by atoms with Crippen molar-refractivity contribution in [2.45, 2.75) is 12.8 Å². The van der Waals surface area contributed by atoms with E-state index in [1.54, 1.807) is 12.2 Å². The second-order valence-corrected chi connectivity index (χ2v) is 8.29. The van der Waals surface area contributed by atoms with Crippen LogP contribution in [0.4, 0.5) is 0 Å². The maximum absolute atomic E-state index is 11.5. The Hall–Kier alpha value is -4.70. The molecule has 0 aromatic heterocycles. The van der Waals surface area contributed by atoms with Crippen molar-refractivity contribution in [2.75, 3.05) is 13.2 Å². The van der Waals surface area contributed by atoms with E-state index >= 15 is 0 Å². The maximum atomic E-state index is 11.5. The van der Waals surface area contributed by atoms with Gasteiger partial charge in [0.2, 0.25) is 0 Å². The summed E-state index contributed by atoms with van der Waals surface area (Å²) in [5.74, 6) is -0.612. The summed E-state index contributed by atoms with van der Waals surface area (Å²) in [5.41, 5.74) is 4.31. The molecule has 4 aromatic rings. The van der Waals surface area contributed by atoms with Gasteiger partial charge in [-0.05, 0) is 34.4 Å². The van der Waals surface area contributed by atoms with Gasteiger partial charge in [-0.1, -0.05) is 121 Å². The van der Waals surface area contributed by atoms with Crippen LogP contribution >= 0.6 is 0 Å². The van der Waals surface area contributed by atoms with Crippen molar-refractivity contribution in [3.8, 4) is 0 Å². The van der Waals surface area contributed by atoms with Crippen molar-refractivity contribution >= 4 is 24.1 Å². The Morgan fingerprint density at radius 3 is 1.13 bits per heavy atom. The van der Waals surface area contributed by atoms with Crippen molar-refractivity contribution in [2.24, 2.45) is 0 Å². The summed E-state index contributed by atoms with van der Waals surface area (Å²) in [6, 6.07) is 39.3. The average molecular weight is 505 g/mol. The van der Waals surface area contributed by atoms with Crippen LogP contribution in [0, 0.1) is 0 Å². The van der Waals surface area contributed by atoms with E-state index < -0.39 is 0 Å². The monoisotopic (exact) mass is 504 g/mol. The summed E-state index contributed by atoms with van der Waals surface area (Å²) >= 11 is 0. The van der Waals surface area contributed by atoms with Crippen LogP contribution in [0.1, 0.15) is 22.3 Å². The first kappa shape index (κ1) is 27.9. The van der Waals surface area contributed by atoms with Gasteiger partial charge >= 0.3 is 11.9 Å². The standard InChI is InChI=1S/2C17H16O2/c2*18-17(12-11-15-7-3-1-4-8-15)19-14-13-16-9-5-2-6-10-16/h2*1-12H,13-14H2/b12-11+;. The predicted molar refractivity (Wildman–Crippen MR) is 153 cm³/mol. The maximum Gasteiger partial charge on any atom is 0.330 e. The Bertz CT molecular complexity index is 1160. The van der Waals surface area contributed by atoms with E-state index in [4.69, 9.17) is 9.47 Å². The molecule has 0 N–H and O–H groups in total. The molecule has 0 saturated heterocycles. The molecule has 0 saturated carbocycles. The highest BCUT2D eigenvalue weighted by Crippen LogP contribution is 2.04. The SMILES string of the molecule is O=C(/C=C/c1ccccc1)OCCc1ccccc1.O=C(C=Cc1ccccc1)OCCc1ccccc1. The first-order valence-corrected chi connectivity index (χ1v) is 12.6. The smallest absolute Gasteiger partial charge is 0.330 e. The minimum Gasteiger partial charge on any atom is -0.462 e. The molecule has 4 heteroatoms. The lowest BCUT2D eigenvalue weighted by molar-refractivity contribution is -0.138. The Kier molecular flexibility index (Phi) is 12.4. The fourth-order valence-electron chi connectivity index (χ4n) is 3.38. The molecule has 4 nitrogen and oxygen atoms in total. The van der Waals surface area contributed by atoms with E-state index in [0.29, 0.717) is 13.2 Å². The summed E-state index contributed by atoms with van der Waals surface area (Å²) in [5, 5.41) is 0. The summed E-state index contributed by atoms with van der Waals surface area (Å²) in [6.07, 6.45) is 7.91. The third-order valence-corrected chi connectivity index (χ3v) is 5.38. The molecule has 0 unspecified atom stereocenters. The fourth-order valence-corrected chi connectivity index (χ4v) is 3.38. The molecule has 4 aromatic carbocycles. The number of benzene rings is 4. The summed E-state index contributed by atoms with van der Waals surface area (Å²) < 4.78 is 10.3. The lowest BCUT2D eigenvalue weighted by Crippen LogP contribution is -2.04. The second kappa shape index (κ2) is 16.9. The zero-order chi connectivity index (χ0) is 26.7. The normalized spacial score (nSPS) is 10.5. The van der Waals surface area contributed by atoms with Crippen molar-refractivity contribution in [1.82, 2.24) is 0 Å². The van der Waals surface area contributed by atoms with Crippen LogP contribution in [0.15, 0.2) is 133 Å². The summed E-state index contributed by atoms with van der Waals surface area (Å²) in [7, 11) is 0. The fraction of sp³-hybridized carbons (Fsp3) is 0.118. The Morgan fingerprint density at radius 2 is 0.789 bits per heavy atom. The van der Waals surface area contributed by atoms with Gasteiger partial charge in [0.1, 0.15) is 0 Å². The average Bonchev–Trinajstić information content (AvgIpc) is 2.98.